The van der Waals surface area contributed by atoms with Gasteiger partial charge in [-0.2, -0.15) is 5.10 Å². The van der Waals surface area contributed by atoms with Crippen molar-refractivity contribution in [2.75, 3.05) is 5.84 Å². The number of halogens is 1. The second-order valence-electron chi connectivity index (χ2n) is 3.73. The van der Waals surface area contributed by atoms with Gasteiger partial charge in [0.1, 0.15) is 11.7 Å². The van der Waals surface area contributed by atoms with Gasteiger partial charge in [0, 0.05) is 4.47 Å². The van der Waals surface area contributed by atoms with Crippen molar-refractivity contribution in [2.45, 2.75) is 0 Å². The van der Waals surface area contributed by atoms with Crippen molar-refractivity contribution in [1.29, 1.82) is 0 Å². The van der Waals surface area contributed by atoms with Crippen LogP contribution in [0, 0.1) is 0 Å². The van der Waals surface area contributed by atoms with Crippen LogP contribution in [0.2, 0.25) is 0 Å². The number of fused-ring (bicyclic) bond motifs is 1. The van der Waals surface area contributed by atoms with E-state index in [1.54, 1.807) is 4.68 Å². The molecule has 0 spiro atoms. The van der Waals surface area contributed by atoms with Crippen molar-refractivity contribution >= 4 is 27.0 Å². The summed E-state index contributed by atoms with van der Waals surface area (Å²) in [7, 11) is 0. The first-order valence-corrected chi connectivity index (χ1v) is 5.92. The zero-order valence-corrected chi connectivity index (χ0v) is 10.7. The van der Waals surface area contributed by atoms with Crippen molar-refractivity contribution in [3.63, 3.8) is 0 Å². The van der Waals surface area contributed by atoms with Crippen LogP contribution < -0.4 is 11.4 Å². The van der Waals surface area contributed by atoms with Gasteiger partial charge >= 0.3 is 0 Å². The summed E-state index contributed by atoms with van der Waals surface area (Å²) in [6.07, 6.45) is 2.75. The largest absolute Gasteiger partial charge is 0.335 e. The van der Waals surface area contributed by atoms with E-state index < -0.39 is 0 Å². The van der Waals surface area contributed by atoms with E-state index >= 15 is 0 Å². The van der Waals surface area contributed by atoms with Gasteiger partial charge in [-0.1, -0.05) is 15.9 Å². The minimum atomic E-state index is -0.316. The zero-order chi connectivity index (χ0) is 12.7. The highest BCUT2D eigenvalue weighted by Gasteiger charge is 2.10. The highest BCUT2D eigenvalue weighted by molar-refractivity contribution is 9.10. The molecule has 0 saturated carbocycles. The molecule has 3 aromatic rings. The molecule has 2 aromatic heterocycles. The molecular formula is C11H8BrN5O. The third-order valence-corrected chi connectivity index (χ3v) is 3.11. The highest BCUT2D eigenvalue weighted by atomic mass is 79.9. The van der Waals surface area contributed by atoms with Gasteiger partial charge in [-0.15, -0.1) is 0 Å². The minimum Gasteiger partial charge on any atom is -0.335 e. The van der Waals surface area contributed by atoms with Crippen LogP contribution in [-0.2, 0) is 0 Å². The smallest absolute Gasteiger partial charge is 0.282 e. The minimum absolute atomic E-state index is 0.316. The summed E-state index contributed by atoms with van der Waals surface area (Å²) in [5, 5.41) is 4.56. The van der Waals surface area contributed by atoms with Gasteiger partial charge in [0.25, 0.3) is 5.56 Å². The van der Waals surface area contributed by atoms with Crippen LogP contribution in [0.1, 0.15) is 0 Å². The lowest BCUT2D eigenvalue weighted by atomic mass is 10.3. The summed E-state index contributed by atoms with van der Waals surface area (Å²) < 4.78 is 3.51. The molecule has 0 bridgehead atoms. The standard InChI is InChI=1S/C11H8BrN5O/c12-7-1-3-8(4-2-7)17-10-9(5-15-17)11(18)16(13)6-14-10/h1-6H,13H2. The predicted octanol–water partition coefficient (Wildman–Crippen LogP) is 1.06. The van der Waals surface area contributed by atoms with Crippen LogP contribution in [0.3, 0.4) is 0 Å². The van der Waals surface area contributed by atoms with Crippen molar-refractivity contribution in [3.05, 3.63) is 51.6 Å². The molecule has 0 unspecified atom stereocenters. The normalized spacial score (nSPS) is 10.9. The molecule has 0 aliphatic rings. The molecule has 0 saturated heterocycles. The Morgan fingerprint density at radius 2 is 1.94 bits per heavy atom. The van der Waals surface area contributed by atoms with E-state index in [2.05, 4.69) is 26.0 Å². The van der Waals surface area contributed by atoms with E-state index in [0.29, 0.717) is 11.0 Å². The van der Waals surface area contributed by atoms with Crippen LogP contribution in [0.25, 0.3) is 16.7 Å². The highest BCUT2D eigenvalue weighted by Crippen LogP contribution is 2.16. The average Bonchev–Trinajstić information content (AvgIpc) is 2.79. The van der Waals surface area contributed by atoms with Crippen molar-refractivity contribution < 1.29 is 0 Å². The molecule has 1 aromatic carbocycles. The Kier molecular flexibility index (Phi) is 2.41. The maximum absolute atomic E-state index is 11.8. The van der Waals surface area contributed by atoms with Crippen LogP contribution in [0.15, 0.2) is 46.1 Å². The molecule has 0 radical (unpaired) electrons. The first-order valence-electron chi connectivity index (χ1n) is 5.13. The Morgan fingerprint density at radius 1 is 1.22 bits per heavy atom. The van der Waals surface area contributed by atoms with Gasteiger partial charge in [0.15, 0.2) is 5.65 Å². The first kappa shape index (κ1) is 11.0. The lowest BCUT2D eigenvalue weighted by Gasteiger charge is -2.03. The summed E-state index contributed by atoms with van der Waals surface area (Å²) in [5.74, 6) is 5.45. The fourth-order valence-electron chi connectivity index (χ4n) is 1.70. The average molecular weight is 306 g/mol. The van der Waals surface area contributed by atoms with Gasteiger partial charge in [0.05, 0.1) is 11.9 Å². The first-order chi connectivity index (χ1) is 8.66. The van der Waals surface area contributed by atoms with Gasteiger partial charge in [0.2, 0.25) is 0 Å². The monoisotopic (exact) mass is 305 g/mol. The number of hydrogen-bond donors (Lipinski definition) is 1. The Hall–Kier alpha value is -2.15. The van der Waals surface area contributed by atoms with Gasteiger partial charge in [-0.05, 0) is 24.3 Å². The van der Waals surface area contributed by atoms with Crippen molar-refractivity contribution in [1.82, 2.24) is 19.4 Å². The molecule has 2 heterocycles. The topological polar surface area (TPSA) is 78.7 Å². The Balaban J connectivity index is 2.28. The van der Waals surface area contributed by atoms with Gasteiger partial charge < -0.3 is 5.84 Å². The predicted molar refractivity (Wildman–Crippen MR) is 71.0 cm³/mol. The maximum Gasteiger partial charge on any atom is 0.282 e. The number of nitrogens with two attached hydrogens (primary N) is 1. The van der Waals surface area contributed by atoms with Crippen LogP contribution in [0.5, 0.6) is 0 Å². The molecule has 3 rings (SSSR count). The van der Waals surface area contributed by atoms with E-state index in [1.807, 2.05) is 24.3 Å². The SMILES string of the molecule is Nn1cnc2c(cnn2-c2ccc(Br)cc2)c1=O. The number of nitrogen functional groups attached to an aromatic ring is 1. The molecule has 7 heteroatoms. The molecule has 0 aliphatic carbocycles. The fourth-order valence-corrected chi connectivity index (χ4v) is 1.96. The number of benzene rings is 1. The zero-order valence-electron chi connectivity index (χ0n) is 9.12. The van der Waals surface area contributed by atoms with Gasteiger partial charge in [-0.3, -0.25) is 4.79 Å². The molecule has 6 nitrogen and oxygen atoms in total. The van der Waals surface area contributed by atoms with E-state index in [-0.39, 0.29) is 5.56 Å². The van der Waals surface area contributed by atoms with E-state index in [4.69, 9.17) is 5.84 Å². The number of nitrogens with zero attached hydrogens (tertiary/aromatic N) is 4. The third-order valence-electron chi connectivity index (χ3n) is 2.58. The van der Waals surface area contributed by atoms with E-state index in [0.717, 1.165) is 14.8 Å². The van der Waals surface area contributed by atoms with Crippen molar-refractivity contribution in [3.8, 4) is 5.69 Å². The summed E-state index contributed by atoms with van der Waals surface area (Å²) in [5.41, 5.74) is 1.00. The lowest BCUT2D eigenvalue weighted by molar-refractivity contribution is 0.874. The van der Waals surface area contributed by atoms with Crippen LogP contribution >= 0.6 is 15.9 Å². The van der Waals surface area contributed by atoms with Crippen LogP contribution in [-0.4, -0.2) is 19.4 Å². The van der Waals surface area contributed by atoms with E-state index in [9.17, 15) is 4.79 Å². The number of hydrogen-bond acceptors (Lipinski definition) is 4. The summed E-state index contributed by atoms with van der Waals surface area (Å²) in [6, 6.07) is 7.55. The molecule has 0 aliphatic heterocycles. The Labute approximate surface area is 110 Å². The molecule has 0 fully saturated rings. The Morgan fingerprint density at radius 3 is 2.67 bits per heavy atom. The summed E-state index contributed by atoms with van der Waals surface area (Å²) >= 11 is 3.36. The molecule has 0 atom stereocenters. The maximum atomic E-state index is 11.8. The summed E-state index contributed by atoms with van der Waals surface area (Å²) in [6.45, 7) is 0. The van der Waals surface area contributed by atoms with Gasteiger partial charge in [-0.25, -0.2) is 14.3 Å². The molecule has 90 valence electrons. The molecule has 2 N–H and O–H groups in total. The van der Waals surface area contributed by atoms with Crippen molar-refractivity contribution in [2.24, 2.45) is 0 Å². The molecule has 18 heavy (non-hydrogen) atoms. The Bertz CT molecular complexity index is 774. The fraction of sp³-hybridized carbons (Fsp3) is 0. The van der Waals surface area contributed by atoms with E-state index in [1.165, 1.54) is 12.5 Å². The lowest BCUT2D eigenvalue weighted by Crippen LogP contribution is -2.26. The summed E-state index contributed by atoms with van der Waals surface area (Å²) in [4.78, 5) is 15.9. The molecule has 0 amide bonds. The second-order valence-corrected chi connectivity index (χ2v) is 4.64. The third kappa shape index (κ3) is 1.60. The number of rotatable bonds is 1. The number of aromatic nitrogens is 4. The second kappa shape index (κ2) is 3.95. The quantitative estimate of drug-likeness (QED) is 0.682. The molecular weight excluding hydrogens is 298 g/mol. The van der Waals surface area contributed by atoms with Crippen LogP contribution in [0.4, 0.5) is 0 Å².